The molecule has 2 N–H and O–H groups in total. The number of hydrogen-bond donors (Lipinski definition) is 1. The van der Waals surface area contributed by atoms with Crippen LogP contribution in [0.15, 0.2) is 0 Å². The SMILES string of the molecule is CCC(C)(C)C1CCC(N(C)CC(C)(C)CN)CC1. The van der Waals surface area contributed by atoms with Crippen molar-refractivity contribution in [2.45, 2.75) is 72.8 Å². The highest BCUT2D eigenvalue weighted by Crippen LogP contribution is 2.41. The molecule has 0 atom stereocenters. The summed E-state index contributed by atoms with van der Waals surface area (Å²) >= 11 is 0. The Morgan fingerprint density at radius 3 is 2.00 bits per heavy atom. The zero-order valence-corrected chi connectivity index (χ0v) is 14.1. The number of nitrogens with zero attached hydrogens (tertiary/aromatic N) is 1. The van der Waals surface area contributed by atoms with Crippen molar-refractivity contribution in [3.05, 3.63) is 0 Å². The minimum Gasteiger partial charge on any atom is -0.330 e. The molecule has 114 valence electrons. The lowest BCUT2D eigenvalue weighted by Gasteiger charge is -2.42. The third kappa shape index (κ3) is 4.75. The van der Waals surface area contributed by atoms with Crippen molar-refractivity contribution in [1.82, 2.24) is 4.90 Å². The number of nitrogens with two attached hydrogens (primary N) is 1. The minimum absolute atomic E-state index is 0.244. The van der Waals surface area contributed by atoms with Crippen LogP contribution in [0.5, 0.6) is 0 Å². The molecular formula is C17H36N2. The Balaban J connectivity index is 2.46. The fraction of sp³-hybridized carbons (Fsp3) is 1.00. The van der Waals surface area contributed by atoms with E-state index in [0.717, 1.165) is 25.0 Å². The predicted molar refractivity (Wildman–Crippen MR) is 85.3 cm³/mol. The van der Waals surface area contributed by atoms with E-state index in [1.165, 1.54) is 32.1 Å². The summed E-state index contributed by atoms with van der Waals surface area (Å²) in [5.41, 5.74) is 6.63. The van der Waals surface area contributed by atoms with Crippen molar-refractivity contribution in [2.24, 2.45) is 22.5 Å². The summed E-state index contributed by atoms with van der Waals surface area (Å²) in [5.74, 6) is 0.921. The maximum absolute atomic E-state index is 5.85. The van der Waals surface area contributed by atoms with Crippen molar-refractivity contribution in [2.75, 3.05) is 20.1 Å². The molecule has 1 aliphatic rings. The Bertz CT molecular complexity index is 262. The molecular weight excluding hydrogens is 232 g/mol. The summed E-state index contributed by atoms with van der Waals surface area (Å²) in [6.45, 7) is 13.7. The van der Waals surface area contributed by atoms with E-state index in [4.69, 9.17) is 5.73 Å². The second-order valence-corrected chi connectivity index (χ2v) is 8.13. The average molecular weight is 268 g/mol. The van der Waals surface area contributed by atoms with Gasteiger partial charge in [-0.2, -0.15) is 0 Å². The highest BCUT2D eigenvalue weighted by molar-refractivity contribution is 4.86. The van der Waals surface area contributed by atoms with Crippen LogP contribution in [0.2, 0.25) is 0 Å². The first-order valence-corrected chi connectivity index (χ1v) is 8.12. The standard InChI is InChI=1S/C17H36N2/c1-7-17(4,5)14-8-10-15(11-9-14)19(6)13-16(2,3)12-18/h14-15H,7-13,18H2,1-6H3. The zero-order chi connectivity index (χ0) is 14.7. The highest BCUT2D eigenvalue weighted by Gasteiger charge is 2.33. The molecule has 1 saturated carbocycles. The highest BCUT2D eigenvalue weighted by atomic mass is 15.1. The van der Waals surface area contributed by atoms with Gasteiger partial charge in [-0.3, -0.25) is 0 Å². The molecule has 0 aromatic carbocycles. The van der Waals surface area contributed by atoms with Crippen LogP contribution in [-0.2, 0) is 0 Å². The van der Waals surface area contributed by atoms with Gasteiger partial charge in [-0.1, -0.05) is 41.0 Å². The summed E-state index contributed by atoms with van der Waals surface area (Å²) < 4.78 is 0. The largest absolute Gasteiger partial charge is 0.330 e. The summed E-state index contributed by atoms with van der Waals surface area (Å²) in [6.07, 6.45) is 6.84. The van der Waals surface area contributed by atoms with Gasteiger partial charge in [-0.05, 0) is 56.0 Å². The monoisotopic (exact) mass is 268 g/mol. The number of hydrogen-bond acceptors (Lipinski definition) is 2. The van der Waals surface area contributed by atoms with Crippen LogP contribution >= 0.6 is 0 Å². The fourth-order valence-corrected chi connectivity index (χ4v) is 3.46. The quantitative estimate of drug-likeness (QED) is 0.791. The third-order valence-corrected chi connectivity index (χ3v) is 5.57. The van der Waals surface area contributed by atoms with Crippen LogP contribution in [-0.4, -0.2) is 31.1 Å². The van der Waals surface area contributed by atoms with Gasteiger partial charge in [0.15, 0.2) is 0 Å². The molecule has 0 aliphatic heterocycles. The van der Waals surface area contributed by atoms with E-state index in [0.29, 0.717) is 5.41 Å². The lowest BCUT2D eigenvalue weighted by Crippen LogP contribution is -2.44. The molecule has 2 heteroatoms. The Hall–Kier alpha value is -0.0800. The zero-order valence-electron chi connectivity index (χ0n) is 14.1. The van der Waals surface area contributed by atoms with Crippen molar-refractivity contribution >= 4 is 0 Å². The van der Waals surface area contributed by atoms with Crippen LogP contribution in [0.3, 0.4) is 0 Å². The molecule has 0 aromatic rings. The van der Waals surface area contributed by atoms with E-state index in [9.17, 15) is 0 Å². The maximum atomic E-state index is 5.85. The van der Waals surface area contributed by atoms with Gasteiger partial charge in [-0.15, -0.1) is 0 Å². The summed E-state index contributed by atoms with van der Waals surface area (Å²) in [6, 6.07) is 0.773. The Morgan fingerprint density at radius 2 is 1.58 bits per heavy atom. The summed E-state index contributed by atoms with van der Waals surface area (Å²) in [5, 5.41) is 0. The van der Waals surface area contributed by atoms with Crippen LogP contribution in [0.1, 0.15) is 66.7 Å². The van der Waals surface area contributed by atoms with E-state index in [2.05, 4.69) is 46.6 Å². The molecule has 1 rings (SSSR count). The maximum Gasteiger partial charge on any atom is 0.00926 e. The van der Waals surface area contributed by atoms with Crippen LogP contribution in [0.4, 0.5) is 0 Å². The Morgan fingerprint density at radius 1 is 1.05 bits per heavy atom. The second kappa shape index (κ2) is 6.58. The Labute approximate surface area is 121 Å². The van der Waals surface area contributed by atoms with Gasteiger partial charge >= 0.3 is 0 Å². The van der Waals surface area contributed by atoms with E-state index < -0.39 is 0 Å². The molecule has 0 unspecified atom stereocenters. The molecule has 0 aromatic heterocycles. The van der Waals surface area contributed by atoms with E-state index in [1.54, 1.807) is 0 Å². The molecule has 19 heavy (non-hydrogen) atoms. The minimum atomic E-state index is 0.244. The molecule has 0 spiro atoms. The molecule has 0 saturated heterocycles. The molecule has 0 heterocycles. The van der Waals surface area contributed by atoms with Crippen LogP contribution < -0.4 is 5.73 Å². The van der Waals surface area contributed by atoms with Crippen molar-refractivity contribution < 1.29 is 0 Å². The van der Waals surface area contributed by atoms with Crippen molar-refractivity contribution in [3.8, 4) is 0 Å². The smallest absolute Gasteiger partial charge is 0.00926 e. The predicted octanol–water partition coefficient (Wildman–Crippen LogP) is 3.90. The van der Waals surface area contributed by atoms with Gasteiger partial charge in [0.05, 0.1) is 0 Å². The molecule has 1 fully saturated rings. The van der Waals surface area contributed by atoms with Gasteiger partial charge in [0.25, 0.3) is 0 Å². The van der Waals surface area contributed by atoms with E-state index >= 15 is 0 Å². The Kier molecular flexibility index (Phi) is 5.88. The van der Waals surface area contributed by atoms with Gasteiger partial charge < -0.3 is 10.6 Å². The summed E-state index contributed by atoms with van der Waals surface area (Å²) in [4.78, 5) is 2.56. The molecule has 1 aliphatic carbocycles. The normalized spacial score (nSPS) is 25.9. The van der Waals surface area contributed by atoms with Crippen molar-refractivity contribution in [1.29, 1.82) is 0 Å². The molecule has 0 radical (unpaired) electrons. The van der Waals surface area contributed by atoms with Gasteiger partial charge in [0, 0.05) is 12.6 Å². The lowest BCUT2D eigenvalue weighted by molar-refractivity contribution is 0.0800. The fourth-order valence-electron chi connectivity index (χ4n) is 3.46. The summed E-state index contributed by atoms with van der Waals surface area (Å²) in [7, 11) is 2.29. The topological polar surface area (TPSA) is 29.3 Å². The number of rotatable bonds is 6. The first kappa shape index (κ1) is 17.0. The van der Waals surface area contributed by atoms with Gasteiger partial charge in [0.1, 0.15) is 0 Å². The molecule has 0 bridgehead atoms. The third-order valence-electron chi connectivity index (χ3n) is 5.57. The van der Waals surface area contributed by atoms with E-state index in [-0.39, 0.29) is 5.41 Å². The first-order valence-electron chi connectivity index (χ1n) is 8.12. The molecule has 2 nitrogen and oxygen atoms in total. The molecule has 0 amide bonds. The second-order valence-electron chi connectivity index (χ2n) is 8.13. The average Bonchev–Trinajstić information content (AvgIpc) is 2.38. The van der Waals surface area contributed by atoms with Crippen molar-refractivity contribution in [3.63, 3.8) is 0 Å². The van der Waals surface area contributed by atoms with Crippen LogP contribution in [0, 0.1) is 16.7 Å². The van der Waals surface area contributed by atoms with Crippen LogP contribution in [0.25, 0.3) is 0 Å². The first-order chi connectivity index (χ1) is 8.72. The van der Waals surface area contributed by atoms with Gasteiger partial charge in [-0.25, -0.2) is 0 Å². The lowest BCUT2D eigenvalue weighted by atomic mass is 9.68. The van der Waals surface area contributed by atoms with E-state index in [1.807, 2.05) is 0 Å². The van der Waals surface area contributed by atoms with Gasteiger partial charge in [0.2, 0.25) is 0 Å².